The number of nitrogens with zero attached hydrogens (tertiary/aromatic N) is 3. The van der Waals surface area contributed by atoms with Crippen molar-refractivity contribution in [2.75, 3.05) is 20.2 Å². The summed E-state index contributed by atoms with van der Waals surface area (Å²) in [6, 6.07) is 12.7. The van der Waals surface area contributed by atoms with Gasteiger partial charge in [-0.15, -0.1) is 0 Å². The molecule has 1 aromatic heterocycles. The lowest BCUT2D eigenvalue weighted by Gasteiger charge is -2.18. The van der Waals surface area contributed by atoms with Gasteiger partial charge in [0.2, 0.25) is 11.3 Å². The molecule has 6 nitrogen and oxygen atoms in total. The summed E-state index contributed by atoms with van der Waals surface area (Å²) in [7, 11) is 1.67. The molecule has 0 atom stereocenters. The first kappa shape index (κ1) is 17.6. The first-order valence-electron chi connectivity index (χ1n) is 8.12. The number of hydrogen-bond acceptors (Lipinski definition) is 4. The van der Waals surface area contributed by atoms with Crippen LogP contribution in [-0.2, 0) is 11.3 Å². The van der Waals surface area contributed by atoms with Crippen LogP contribution in [0.3, 0.4) is 0 Å². The van der Waals surface area contributed by atoms with E-state index in [2.05, 4.69) is 5.10 Å². The molecule has 0 unspecified atom stereocenters. The number of fused-ring (bicyclic) bond motifs is 1. The van der Waals surface area contributed by atoms with Crippen LogP contribution in [0.2, 0.25) is 0 Å². The summed E-state index contributed by atoms with van der Waals surface area (Å²) in [4.78, 5) is 25.8. The van der Waals surface area contributed by atoms with Gasteiger partial charge < -0.3 is 9.64 Å². The van der Waals surface area contributed by atoms with E-state index < -0.39 is 0 Å². The quantitative estimate of drug-likeness (QED) is 0.679. The summed E-state index contributed by atoms with van der Waals surface area (Å²) in [5.74, 6) is 0.0554. The van der Waals surface area contributed by atoms with E-state index in [0.717, 1.165) is 0 Å². The minimum atomic E-state index is -0.328. The van der Waals surface area contributed by atoms with Crippen molar-refractivity contribution in [2.24, 2.45) is 0 Å². The maximum Gasteiger partial charge on any atom is 0.244 e. The van der Waals surface area contributed by atoms with Crippen molar-refractivity contribution < 1.29 is 13.9 Å². The van der Waals surface area contributed by atoms with Crippen LogP contribution in [0, 0.1) is 5.82 Å². The molecule has 3 rings (SSSR count). The van der Waals surface area contributed by atoms with E-state index in [1.54, 1.807) is 31.3 Å². The molecule has 3 aromatic rings. The number of benzene rings is 2. The van der Waals surface area contributed by atoms with Crippen molar-refractivity contribution >= 4 is 16.8 Å². The lowest BCUT2D eigenvalue weighted by Crippen LogP contribution is -2.34. The molecule has 0 saturated carbocycles. The van der Waals surface area contributed by atoms with Crippen molar-refractivity contribution in [1.82, 2.24) is 14.7 Å². The molecule has 0 spiro atoms. The Morgan fingerprint density at radius 3 is 2.69 bits per heavy atom. The number of hydrogen-bond donors (Lipinski definition) is 0. The topological polar surface area (TPSA) is 64.4 Å². The number of carbonyl (C=O) groups excluding carboxylic acids is 1. The van der Waals surface area contributed by atoms with E-state index in [0.29, 0.717) is 23.2 Å². The molecular weight excluding hydrogens is 337 g/mol. The standard InChI is InChI=1S/C19H18FN3O3/c1-22(10-11-26-15-8-6-14(20)7-9-15)19(25)13-23-17-5-3-2-4-16(17)18(24)12-21-23/h2-9,12H,10-11,13H2,1H3. The highest BCUT2D eigenvalue weighted by Crippen LogP contribution is 2.11. The molecule has 0 N–H and O–H groups in total. The van der Waals surface area contributed by atoms with Gasteiger partial charge in [0.05, 0.1) is 18.3 Å². The number of ether oxygens (including phenoxy) is 1. The highest BCUT2D eigenvalue weighted by atomic mass is 19.1. The number of carbonyl (C=O) groups is 1. The molecule has 7 heteroatoms. The molecule has 26 heavy (non-hydrogen) atoms. The van der Waals surface area contributed by atoms with Gasteiger partial charge in [0, 0.05) is 12.4 Å². The Bertz CT molecular complexity index is 970. The first-order chi connectivity index (χ1) is 12.5. The van der Waals surface area contributed by atoms with Crippen LogP contribution in [-0.4, -0.2) is 40.8 Å². The normalized spacial score (nSPS) is 10.7. The molecule has 1 heterocycles. The summed E-state index contributed by atoms with van der Waals surface area (Å²) in [5, 5.41) is 4.58. The maximum absolute atomic E-state index is 12.8. The van der Waals surface area contributed by atoms with Crippen LogP contribution in [0.25, 0.3) is 10.9 Å². The zero-order chi connectivity index (χ0) is 18.5. The van der Waals surface area contributed by atoms with Crippen molar-refractivity contribution in [2.45, 2.75) is 6.54 Å². The molecule has 0 aliphatic carbocycles. The third-order valence-corrected chi connectivity index (χ3v) is 3.98. The zero-order valence-electron chi connectivity index (χ0n) is 14.3. The fourth-order valence-electron chi connectivity index (χ4n) is 2.49. The fourth-order valence-corrected chi connectivity index (χ4v) is 2.49. The molecule has 2 aromatic carbocycles. The van der Waals surface area contributed by atoms with E-state index in [9.17, 15) is 14.0 Å². The Balaban J connectivity index is 1.60. The number of halogens is 1. The average Bonchev–Trinajstić information content (AvgIpc) is 2.65. The van der Waals surface area contributed by atoms with Crippen LogP contribution in [0.5, 0.6) is 5.75 Å². The summed E-state index contributed by atoms with van der Waals surface area (Å²) >= 11 is 0. The number of rotatable bonds is 6. The van der Waals surface area contributed by atoms with Gasteiger partial charge in [0.15, 0.2) is 0 Å². The fraction of sp³-hybridized carbons (Fsp3) is 0.211. The largest absolute Gasteiger partial charge is 0.492 e. The molecule has 0 bridgehead atoms. The van der Waals surface area contributed by atoms with Crippen molar-refractivity contribution in [3.8, 4) is 5.75 Å². The highest BCUT2D eigenvalue weighted by molar-refractivity contribution is 5.81. The van der Waals surface area contributed by atoms with Crippen molar-refractivity contribution in [1.29, 1.82) is 0 Å². The van der Waals surface area contributed by atoms with Gasteiger partial charge in [-0.25, -0.2) is 4.39 Å². The molecule has 0 fully saturated rings. The highest BCUT2D eigenvalue weighted by Gasteiger charge is 2.12. The van der Waals surface area contributed by atoms with Gasteiger partial charge in [0.25, 0.3) is 0 Å². The van der Waals surface area contributed by atoms with Crippen molar-refractivity contribution in [3.63, 3.8) is 0 Å². The van der Waals surface area contributed by atoms with Crippen LogP contribution >= 0.6 is 0 Å². The number of para-hydroxylation sites is 1. The van der Waals surface area contributed by atoms with Crippen molar-refractivity contribution in [3.05, 3.63) is 70.8 Å². The molecule has 0 radical (unpaired) electrons. The molecule has 0 saturated heterocycles. The summed E-state index contributed by atoms with van der Waals surface area (Å²) in [6.45, 7) is 0.675. The number of likely N-dealkylation sites (N-methyl/N-ethyl adjacent to an activating group) is 1. The lowest BCUT2D eigenvalue weighted by atomic mass is 10.2. The molecule has 0 aliphatic rings. The minimum absolute atomic E-state index is 0.0217. The van der Waals surface area contributed by atoms with Gasteiger partial charge in [0.1, 0.15) is 24.7 Å². The average molecular weight is 355 g/mol. The predicted molar refractivity (Wildman–Crippen MR) is 95.5 cm³/mol. The van der Waals surface area contributed by atoms with Gasteiger partial charge in [-0.2, -0.15) is 5.10 Å². The van der Waals surface area contributed by atoms with E-state index in [1.807, 2.05) is 0 Å². The second-order valence-electron chi connectivity index (χ2n) is 5.80. The molecule has 134 valence electrons. The Labute approximate surface area is 149 Å². The van der Waals surface area contributed by atoms with E-state index >= 15 is 0 Å². The smallest absolute Gasteiger partial charge is 0.244 e. The SMILES string of the molecule is CN(CCOc1ccc(F)cc1)C(=O)Cn1ncc(=O)c2ccccc21. The summed E-state index contributed by atoms with van der Waals surface area (Å²) in [6.07, 6.45) is 1.22. The molecule has 0 aliphatic heterocycles. The van der Waals surface area contributed by atoms with E-state index in [-0.39, 0.29) is 30.3 Å². The minimum Gasteiger partial charge on any atom is -0.492 e. The summed E-state index contributed by atoms with van der Waals surface area (Å²) < 4.78 is 19.9. The molecular formula is C19H18FN3O3. The van der Waals surface area contributed by atoms with Gasteiger partial charge in [-0.05, 0) is 36.4 Å². The third-order valence-electron chi connectivity index (χ3n) is 3.98. The van der Waals surface area contributed by atoms with Gasteiger partial charge >= 0.3 is 0 Å². The Morgan fingerprint density at radius 2 is 1.92 bits per heavy atom. The second kappa shape index (κ2) is 7.77. The Kier molecular flexibility index (Phi) is 5.26. The van der Waals surface area contributed by atoms with Crippen LogP contribution in [0.15, 0.2) is 59.5 Å². The zero-order valence-corrected chi connectivity index (χ0v) is 14.3. The summed E-state index contributed by atoms with van der Waals surface area (Å²) in [5.41, 5.74) is 0.440. The van der Waals surface area contributed by atoms with E-state index in [1.165, 1.54) is 40.0 Å². The Hall–Kier alpha value is -3.22. The van der Waals surface area contributed by atoms with Crippen LogP contribution < -0.4 is 10.2 Å². The predicted octanol–water partition coefficient (Wildman–Crippen LogP) is 2.07. The first-order valence-corrected chi connectivity index (χ1v) is 8.12. The monoisotopic (exact) mass is 355 g/mol. The van der Waals surface area contributed by atoms with Gasteiger partial charge in [-0.3, -0.25) is 14.3 Å². The van der Waals surface area contributed by atoms with Crippen LogP contribution in [0.1, 0.15) is 0 Å². The lowest BCUT2D eigenvalue weighted by molar-refractivity contribution is -0.131. The van der Waals surface area contributed by atoms with Gasteiger partial charge in [-0.1, -0.05) is 12.1 Å². The molecule has 1 amide bonds. The third kappa shape index (κ3) is 4.05. The maximum atomic E-state index is 12.8. The second-order valence-corrected chi connectivity index (χ2v) is 5.80. The van der Waals surface area contributed by atoms with E-state index in [4.69, 9.17) is 4.74 Å². The number of amides is 1. The Morgan fingerprint density at radius 1 is 1.19 bits per heavy atom. The van der Waals surface area contributed by atoms with Crippen LogP contribution in [0.4, 0.5) is 4.39 Å². The number of aromatic nitrogens is 2.